The van der Waals surface area contributed by atoms with Gasteiger partial charge >= 0.3 is 0 Å². The molecule has 0 bridgehead atoms. The third-order valence-electron chi connectivity index (χ3n) is 5.78. The van der Waals surface area contributed by atoms with Crippen LogP contribution in [0.15, 0.2) is 60.7 Å². The first kappa shape index (κ1) is 23.2. The van der Waals surface area contributed by atoms with Crippen molar-refractivity contribution in [3.05, 3.63) is 60.7 Å². The molecule has 1 N–H and O–H groups in total. The molecule has 1 fully saturated rings. The molecule has 3 rings (SSSR count). The van der Waals surface area contributed by atoms with Crippen LogP contribution < -0.4 is 10.4 Å². The summed E-state index contributed by atoms with van der Waals surface area (Å²) in [4.78, 5) is 0. The van der Waals surface area contributed by atoms with E-state index in [9.17, 15) is 5.11 Å². The van der Waals surface area contributed by atoms with Crippen LogP contribution in [-0.4, -0.2) is 44.6 Å². The minimum atomic E-state index is -2.59. The third-order valence-corrected chi connectivity index (χ3v) is 10.8. The molecule has 0 aromatic heterocycles. The summed E-state index contributed by atoms with van der Waals surface area (Å²) in [5.74, 6) is -0.683. The van der Waals surface area contributed by atoms with Crippen LogP contribution >= 0.6 is 0 Å². The van der Waals surface area contributed by atoms with Gasteiger partial charge < -0.3 is 19.0 Å². The highest BCUT2D eigenvalue weighted by Crippen LogP contribution is 2.37. The van der Waals surface area contributed by atoms with Crippen LogP contribution in [0, 0.1) is 0 Å². The highest BCUT2D eigenvalue weighted by molar-refractivity contribution is 6.99. The standard InChI is InChI=1S/C25H36O4Si/c1-24(2,3)30(22-12-8-6-9-13-22,23-14-10-7-11-15-23)27-19-21-18-20(16-17-26)28-25(4,5)29-21/h6-15,20-21,26H,16-19H2,1-5H3/t20-,21-/m0/s1. The Morgan fingerprint density at radius 3 is 1.90 bits per heavy atom. The van der Waals surface area contributed by atoms with Crippen molar-refractivity contribution in [2.45, 2.75) is 70.5 Å². The van der Waals surface area contributed by atoms with E-state index in [4.69, 9.17) is 13.9 Å². The first-order chi connectivity index (χ1) is 14.2. The summed E-state index contributed by atoms with van der Waals surface area (Å²) in [7, 11) is -2.59. The minimum Gasteiger partial charge on any atom is -0.405 e. The Hall–Kier alpha value is -1.50. The molecule has 0 spiro atoms. The lowest BCUT2D eigenvalue weighted by molar-refractivity contribution is -0.304. The van der Waals surface area contributed by atoms with Crippen molar-refractivity contribution in [3.8, 4) is 0 Å². The van der Waals surface area contributed by atoms with Crippen molar-refractivity contribution in [1.82, 2.24) is 0 Å². The molecule has 2 atom stereocenters. The van der Waals surface area contributed by atoms with E-state index in [1.165, 1.54) is 10.4 Å². The van der Waals surface area contributed by atoms with Crippen LogP contribution in [0.1, 0.15) is 47.5 Å². The Labute approximate surface area is 182 Å². The summed E-state index contributed by atoms with van der Waals surface area (Å²) in [6, 6.07) is 21.3. The Bertz CT molecular complexity index is 746. The molecule has 5 heteroatoms. The SMILES string of the molecule is CC1(C)O[C@H](CO[Si](c2ccccc2)(c2ccccc2)C(C)(C)C)C[C@H](CCO)O1. The molecule has 4 nitrogen and oxygen atoms in total. The highest BCUT2D eigenvalue weighted by atomic mass is 28.4. The molecule has 0 aliphatic carbocycles. The van der Waals surface area contributed by atoms with E-state index < -0.39 is 14.1 Å². The van der Waals surface area contributed by atoms with Crippen molar-refractivity contribution >= 4 is 18.7 Å². The number of ether oxygens (including phenoxy) is 2. The van der Waals surface area contributed by atoms with Gasteiger partial charge in [-0.2, -0.15) is 0 Å². The molecule has 30 heavy (non-hydrogen) atoms. The molecule has 1 aliphatic rings. The zero-order chi connectivity index (χ0) is 21.8. The lowest BCUT2D eigenvalue weighted by Crippen LogP contribution is -2.67. The quantitative estimate of drug-likeness (QED) is 0.681. The smallest absolute Gasteiger partial charge is 0.261 e. The topological polar surface area (TPSA) is 47.9 Å². The minimum absolute atomic E-state index is 0.0218. The molecule has 0 unspecified atom stereocenters. The predicted octanol–water partition coefficient (Wildman–Crippen LogP) is 3.86. The van der Waals surface area contributed by atoms with Gasteiger partial charge in [0.2, 0.25) is 0 Å². The Kier molecular flexibility index (Phi) is 7.20. The molecule has 0 saturated carbocycles. The summed E-state index contributed by atoms with van der Waals surface area (Å²) in [6.45, 7) is 11.3. The van der Waals surface area contributed by atoms with E-state index >= 15 is 0 Å². The van der Waals surface area contributed by atoms with Crippen LogP contribution in [0.5, 0.6) is 0 Å². The van der Waals surface area contributed by atoms with Gasteiger partial charge in [0.15, 0.2) is 5.79 Å². The predicted molar refractivity (Wildman–Crippen MR) is 124 cm³/mol. The molecule has 164 valence electrons. The molecule has 1 heterocycles. The van der Waals surface area contributed by atoms with Crippen LogP contribution in [0.25, 0.3) is 0 Å². The molecule has 0 radical (unpaired) electrons. The second kappa shape index (κ2) is 9.33. The maximum absolute atomic E-state index is 9.39. The van der Waals surface area contributed by atoms with Crippen LogP contribution in [0.4, 0.5) is 0 Å². The lowest BCUT2D eigenvalue weighted by atomic mass is 10.1. The summed E-state index contributed by atoms with van der Waals surface area (Å²) in [6.07, 6.45) is 1.24. The van der Waals surface area contributed by atoms with E-state index in [2.05, 4.69) is 81.4 Å². The number of benzene rings is 2. The summed E-state index contributed by atoms with van der Waals surface area (Å²) in [5, 5.41) is 11.9. The normalized spacial score (nSPS) is 22.1. The van der Waals surface area contributed by atoms with Crippen molar-refractivity contribution < 1.29 is 19.0 Å². The number of aliphatic hydroxyl groups excluding tert-OH is 1. The fourth-order valence-electron chi connectivity index (χ4n) is 4.62. The maximum Gasteiger partial charge on any atom is 0.261 e. The Morgan fingerprint density at radius 1 is 0.933 bits per heavy atom. The Balaban J connectivity index is 1.96. The average Bonchev–Trinajstić information content (AvgIpc) is 2.68. The molecule has 2 aromatic carbocycles. The van der Waals surface area contributed by atoms with Gasteiger partial charge in [-0.15, -0.1) is 0 Å². The first-order valence-electron chi connectivity index (χ1n) is 10.9. The number of hydrogen-bond donors (Lipinski definition) is 1. The van der Waals surface area contributed by atoms with Gasteiger partial charge in [0.05, 0.1) is 18.8 Å². The zero-order valence-corrected chi connectivity index (χ0v) is 19.9. The van der Waals surface area contributed by atoms with E-state index in [0.29, 0.717) is 13.0 Å². The second-order valence-corrected chi connectivity index (χ2v) is 13.9. The molecule has 0 amide bonds. The largest absolute Gasteiger partial charge is 0.405 e. The maximum atomic E-state index is 9.39. The second-order valence-electron chi connectivity index (χ2n) is 9.60. The molecule has 1 aliphatic heterocycles. The molecular weight excluding hydrogens is 392 g/mol. The lowest BCUT2D eigenvalue weighted by Gasteiger charge is -2.45. The van der Waals surface area contributed by atoms with Gasteiger partial charge in [-0.25, -0.2) is 0 Å². The fraction of sp³-hybridized carbons (Fsp3) is 0.520. The molecular formula is C25H36O4Si. The van der Waals surface area contributed by atoms with Gasteiger partial charge in [0.1, 0.15) is 0 Å². The number of aliphatic hydroxyl groups is 1. The van der Waals surface area contributed by atoms with Crippen LogP contribution in [0.3, 0.4) is 0 Å². The van der Waals surface area contributed by atoms with Gasteiger partial charge in [-0.1, -0.05) is 81.4 Å². The van der Waals surface area contributed by atoms with E-state index in [1.807, 2.05) is 13.8 Å². The van der Waals surface area contributed by atoms with Crippen molar-refractivity contribution in [1.29, 1.82) is 0 Å². The summed E-state index contributed by atoms with van der Waals surface area (Å²) >= 11 is 0. The van der Waals surface area contributed by atoms with Gasteiger partial charge in [-0.3, -0.25) is 0 Å². The van der Waals surface area contributed by atoms with Crippen molar-refractivity contribution in [3.63, 3.8) is 0 Å². The van der Waals surface area contributed by atoms with Gasteiger partial charge in [0.25, 0.3) is 8.32 Å². The molecule has 2 aromatic rings. The van der Waals surface area contributed by atoms with Crippen LogP contribution in [-0.2, 0) is 13.9 Å². The average molecular weight is 429 g/mol. The summed E-state index contributed by atoms with van der Waals surface area (Å²) in [5.41, 5.74) is 0. The van der Waals surface area contributed by atoms with Gasteiger partial charge in [0, 0.05) is 13.0 Å². The highest BCUT2D eigenvalue weighted by Gasteiger charge is 2.51. The monoisotopic (exact) mass is 428 g/mol. The first-order valence-corrected chi connectivity index (χ1v) is 12.8. The fourth-order valence-corrected chi connectivity index (χ4v) is 9.21. The zero-order valence-electron chi connectivity index (χ0n) is 18.9. The van der Waals surface area contributed by atoms with Gasteiger partial charge in [-0.05, 0) is 35.7 Å². The Morgan fingerprint density at radius 2 is 1.43 bits per heavy atom. The van der Waals surface area contributed by atoms with Crippen LogP contribution in [0.2, 0.25) is 5.04 Å². The molecule has 1 saturated heterocycles. The van der Waals surface area contributed by atoms with E-state index in [1.54, 1.807) is 0 Å². The van der Waals surface area contributed by atoms with Crippen molar-refractivity contribution in [2.24, 2.45) is 0 Å². The van der Waals surface area contributed by atoms with E-state index in [-0.39, 0.29) is 23.9 Å². The van der Waals surface area contributed by atoms with E-state index in [0.717, 1.165) is 6.42 Å². The number of hydrogen-bond acceptors (Lipinski definition) is 4. The third kappa shape index (κ3) is 5.03. The number of rotatable bonds is 7. The summed E-state index contributed by atoms with van der Waals surface area (Å²) < 4.78 is 19.2. The van der Waals surface area contributed by atoms with Crippen molar-refractivity contribution in [2.75, 3.05) is 13.2 Å².